The minimum atomic E-state index is 0.180. The van der Waals surface area contributed by atoms with Gasteiger partial charge in [0.1, 0.15) is 12.4 Å². The quantitative estimate of drug-likeness (QED) is 0.578. The molecule has 0 aliphatic rings. The maximum absolute atomic E-state index is 5.90. The van der Waals surface area contributed by atoms with Crippen LogP contribution in [0.15, 0.2) is 65.5 Å². The van der Waals surface area contributed by atoms with Crippen molar-refractivity contribution < 1.29 is 13.9 Å². The fourth-order valence-electron chi connectivity index (χ4n) is 2.95. The lowest BCUT2D eigenvalue weighted by atomic mass is 10.1. The van der Waals surface area contributed by atoms with Gasteiger partial charge < -0.3 is 19.2 Å². The average molecular weight is 381 g/mol. The molecule has 28 heavy (non-hydrogen) atoms. The molecule has 0 fully saturated rings. The summed E-state index contributed by atoms with van der Waals surface area (Å²) in [6.45, 7) is 1.99. The molecule has 1 aromatic carbocycles. The number of pyridine rings is 1. The molecule has 2 aromatic heterocycles. The SMILES string of the molecule is COc1cc(CNCC(c2ccco2)N(C)C)ccc1OCc1ccncc1. The third-order valence-corrected chi connectivity index (χ3v) is 4.53. The van der Waals surface area contributed by atoms with Crippen molar-refractivity contribution in [1.29, 1.82) is 0 Å². The van der Waals surface area contributed by atoms with Crippen molar-refractivity contribution in [2.45, 2.75) is 19.2 Å². The van der Waals surface area contributed by atoms with E-state index in [9.17, 15) is 0 Å². The lowest BCUT2D eigenvalue weighted by molar-refractivity contribution is 0.250. The number of furan rings is 1. The van der Waals surface area contributed by atoms with Crippen LogP contribution in [-0.4, -0.2) is 37.6 Å². The van der Waals surface area contributed by atoms with Gasteiger partial charge in [0, 0.05) is 25.5 Å². The molecule has 6 nitrogen and oxygen atoms in total. The number of hydrogen-bond donors (Lipinski definition) is 1. The number of rotatable bonds is 10. The molecule has 1 unspecified atom stereocenters. The Kier molecular flexibility index (Phi) is 7.06. The maximum atomic E-state index is 5.90. The summed E-state index contributed by atoms with van der Waals surface area (Å²) in [6, 6.07) is 14.0. The number of ether oxygens (including phenoxy) is 2. The highest BCUT2D eigenvalue weighted by Gasteiger charge is 2.16. The summed E-state index contributed by atoms with van der Waals surface area (Å²) in [5, 5.41) is 3.50. The van der Waals surface area contributed by atoms with Gasteiger partial charge in [0.15, 0.2) is 11.5 Å². The van der Waals surface area contributed by atoms with E-state index in [4.69, 9.17) is 13.9 Å². The van der Waals surface area contributed by atoms with E-state index in [-0.39, 0.29) is 6.04 Å². The van der Waals surface area contributed by atoms with Crippen molar-refractivity contribution in [1.82, 2.24) is 15.2 Å². The molecule has 0 bridgehead atoms. The normalized spacial score (nSPS) is 12.1. The summed E-state index contributed by atoms with van der Waals surface area (Å²) in [6.07, 6.45) is 5.23. The van der Waals surface area contributed by atoms with Crippen LogP contribution >= 0.6 is 0 Å². The number of likely N-dealkylation sites (N-methyl/N-ethyl adjacent to an activating group) is 1. The molecule has 6 heteroatoms. The Bertz CT molecular complexity index is 835. The van der Waals surface area contributed by atoms with E-state index in [2.05, 4.69) is 21.3 Å². The van der Waals surface area contributed by atoms with Gasteiger partial charge in [0.2, 0.25) is 0 Å². The van der Waals surface area contributed by atoms with Crippen LogP contribution in [0.1, 0.15) is 22.9 Å². The third kappa shape index (κ3) is 5.34. The van der Waals surface area contributed by atoms with Crippen molar-refractivity contribution in [2.24, 2.45) is 0 Å². The Hall–Kier alpha value is -2.83. The van der Waals surface area contributed by atoms with E-state index >= 15 is 0 Å². The summed E-state index contributed by atoms with van der Waals surface area (Å²) >= 11 is 0. The standard InChI is InChI=1S/C22H27N3O3/c1-25(2)19(20-5-4-12-27-20)15-24-14-18-6-7-21(22(13-18)26-3)28-16-17-8-10-23-11-9-17/h4-13,19,24H,14-16H2,1-3H3. The van der Waals surface area contributed by atoms with Crippen LogP contribution in [0.4, 0.5) is 0 Å². The van der Waals surface area contributed by atoms with Crippen molar-refractivity contribution in [3.8, 4) is 11.5 Å². The predicted octanol–water partition coefficient (Wildman–Crippen LogP) is 3.65. The number of methoxy groups -OCH3 is 1. The molecule has 0 saturated carbocycles. The fraction of sp³-hybridized carbons (Fsp3) is 0.318. The number of aromatic nitrogens is 1. The van der Waals surface area contributed by atoms with Gasteiger partial charge in [-0.25, -0.2) is 0 Å². The molecule has 2 heterocycles. The van der Waals surface area contributed by atoms with E-state index in [0.717, 1.165) is 41.5 Å². The second-order valence-electron chi connectivity index (χ2n) is 6.76. The van der Waals surface area contributed by atoms with E-state index < -0.39 is 0 Å². The molecule has 0 spiro atoms. The zero-order valence-corrected chi connectivity index (χ0v) is 16.6. The lowest BCUT2D eigenvalue weighted by Gasteiger charge is -2.22. The maximum Gasteiger partial charge on any atom is 0.161 e. The van der Waals surface area contributed by atoms with E-state index in [1.807, 2.05) is 50.5 Å². The Labute approximate surface area is 166 Å². The minimum Gasteiger partial charge on any atom is -0.493 e. The minimum absolute atomic E-state index is 0.180. The van der Waals surface area contributed by atoms with Gasteiger partial charge in [-0.1, -0.05) is 6.07 Å². The highest BCUT2D eigenvalue weighted by Crippen LogP contribution is 2.29. The predicted molar refractivity (Wildman–Crippen MR) is 108 cm³/mol. The van der Waals surface area contributed by atoms with Gasteiger partial charge in [0.05, 0.1) is 19.4 Å². The molecule has 1 N–H and O–H groups in total. The van der Waals surface area contributed by atoms with Gasteiger partial charge in [-0.05, 0) is 61.6 Å². The Morgan fingerprint density at radius 3 is 2.57 bits per heavy atom. The second-order valence-corrected chi connectivity index (χ2v) is 6.76. The van der Waals surface area contributed by atoms with Crippen molar-refractivity contribution in [3.63, 3.8) is 0 Å². The van der Waals surface area contributed by atoms with Crippen molar-refractivity contribution in [3.05, 3.63) is 78.0 Å². The van der Waals surface area contributed by atoms with Gasteiger partial charge in [-0.3, -0.25) is 9.88 Å². The molecular formula is C22H27N3O3. The first-order chi connectivity index (χ1) is 13.7. The summed E-state index contributed by atoms with van der Waals surface area (Å²) in [4.78, 5) is 6.16. The average Bonchev–Trinajstić information content (AvgIpc) is 3.24. The Balaban J connectivity index is 1.57. The summed E-state index contributed by atoms with van der Waals surface area (Å²) in [7, 11) is 5.75. The lowest BCUT2D eigenvalue weighted by Crippen LogP contribution is -2.30. The highest BCUT2D eigenvalue weighted by molar-refractivity contribution is 5.43. The fourth-order valence-corrected chi connectivity index (χ4v) is 2.95. The Morgan fingerprint density at radius 2 is 1.89 bits per heavy atom. The van der Waals surface area contributed by atoms with Crippen LogP contribution in [0.5, 0.6) is 11.5 Å². The van der Waals surface area contributed by atoms with Crippen LogP contribution in [0.25, 0.3) is 0 Å². The van der Waals surface area contributed by atoms with E-state index in [1.165, 1.54) is 0 Å². The van der Waals surface area contributed by atoms with Crippen LogP contribution in [0.2, 0.25) is 0 Å². The molecule has 1 atom stereocenters. The van der Waals surface area contributed by atoms with Crippen LogP contribution < -0.4 is 14.8 Å². The molecule has 0 saturated heterocycles. The monoisotopic (exact) mass is 381 g/mol. The molecule has 148 valence electrons. The molecule has 0 aliphatic carbocycles. The zero-order chi connectivity index (χ0) is 19.8. The van der Waals surface area contributed by atoms with Crippen molar-refractivity contribution in [2.75, 3.05) is 27.7 Å². The van der Waals surface area contributed by atoms with E-state index in [1.54, 1.807) is 25.8 Å². The first-order valence-corrected chi connectivity index (χ1v) is 9.26. The summed E-state index contributed by atoms with van der Waals surface area (Å²) in [5.74, 6) is 2.41. The first kappa shape index (κ1) is 19.9. The van der Waals surface area contributed by atoms with Gasteiger partial charge in [-0.15, -0.1) is 0 Å². The third-order valence-electron chi connectivity index (χ3n) is 4.53. The molecular weight excluding hydrogens is 354 g/mol. The molecule has 3 rings (SSSR count). The summed E-state index contributed by atoms with van der Waals surface area (Å²) < 4.78 is 17.0. The summed E-state index contributed by atoms with van der Waals surface area (Å²) in [5.41, 5.74) is 2.19. The van der Waals surface area contributed by atoms with Gasteiger partial charge >= 0.3 is 0 Å². The zero-order valence-electron chi connectivity index (χ0n) is 16.6. The van der Waals surface area contributed by atoms with Crippen LogP contribution in [-0.2, 0) is 13.2 Å². The number of benzene rings is 1. The smallest absolute Gasteiger partial charge is 0.161 e. The van der Waals surface area contributed by atoms with E-state index in [0.29, 0.717) is 6.61 Å². The second kappa shape index (κ2) is 9.92. The largest absolute Gasteiger partial charge is 0.493 e. The van der Waals surface area contributed by atoms with Gasteiger partial charge in [0.25, 0.3) is 0 Å². The first-order valence-electron chi connectivity index (χ1n) is 9.26. The van der Waals surface area contributed by atoms with Gasteiger partial charge in [-0.2, -0.15) is 0 Å². The molecule has 0 aliphatic heterocycles. The van der Waals surface area contributed by atoms with Crippen LogP contribution in [0.3, 0.4) is 0 Å². The topological polar surface area (TPSA) is 59.8 Å². The highest BCUT2D eigenvalue weighted by atomic mass is 16.5. The van der Waals surface area contributed by atoms with Crippen LogP contribution in [0, 0.1) is 0 Å². The molecule has 3 aromatic rings. The number of nitrogens with zero attached hydrogens (tertiary/aromatic N) is 2. The number of nitrogens with one attached hydrogen (secondary N) is 1. The van der Waals surface area contributed by atoms with Crippen molar-refractivity contribution >= 4 is 0 Å². The molecule has 0 amide bonds. The molecule has 0 radical (unpaired) electrons. The Morgan fingerprint density at radius 1 is 1.07 bits per heavy atom. The number of hydrogen-bond acceptors (Lipinski definition) is 6.